The number of fused-ring (bicyclic) bond motifs is 2. The number of carbonyl (C=O) groups excluding carboxylic acids is 5. The van der Waals surface area contributed by atoms with Gasteiger partial charge in [0.05, 0.1) is 19.8 Å². The van der Waals surface area contributed by atoms with Crippen molar-refractivity contribution in [3.8, 4) is 0 Å². The number of nitrogens with zero attached hydrogens (tertiary/aromatic N) is 1. The fourth-order valence-electron chi connectivity index (χ4n) is 5.01. The van der Waals surface area contributed by atoms with Crippen LogP contribution in [-0.4, -0.2) is 98.8 Å². The second-order valence-electron chi connectivity index (χ2n) is 10.6. The smallest absolute Gasteiger partial charge is 0.408 e. The molecule has 4 rings (SSSR count). The van der Waals surface area contributed by atoms with E-state index in [1.807, 2.05) is 30.3 Å². The Morgan fingerprint density at radius 2 is 1.67 bits per heavy atom. The Balaban J connectivity index is 1.40. The van der Waals surface area contributed by atoms with E-state index in [1.54, 1.807) is 0 Å². The molecule has 5 amide bonds. The van der Waals surface area contributed by atoms with Gasteiger partial charge in [0, 0.05) is 31.2 Å². The standard InChI is InChI=1S/C31H38FN5O8/c32-23-10-8-22(9-11-23)30(41)37-18-24-17-26(37)29(40)33-12-4-7-25(36-31(42)45-19-21-5-2-1-3-6-21)28(39)34-13-14-43-15-16-44-20-27(38)35-24/h1-3,5-6,8-11,24-26H,4,7,12-20H2,(H,33,40)(H,34,39)(H,35,38)(H,36,42)/t24-,25-,26-/m0/s1. The molecule has 3 atom stereocenters. The van der Waals surface area contributed by atoms with Crippen molar-refractivity contribution in [2.75, 3.05) is 46.1 Å². The molecule has 2 fully saturated rings. The number of halogens is 1. The van der Waals surface area contributed by atoms with Gasteiger partial charge in [0.1, 0.15) is 31.1 Å². The molecule has 0 radical (unpaired) electrons. The Morgan fingerprint density at radius 1 is 0.933 bits per heavy atom. The first-order chi connectivity index (χ1) is 21.8. The maximum Gasteiger partial charge on any atom is 0.408 e. The van der Waals surface area contributed by atoms with E-state index in [-0.39, 0.29) is 71.1 Å². The van der Waals surface area contributed by atoms with E-state index in [4.69, 9.17) is 14.2 Å². The SMILES string of the molecule is O=C1COCCOCCNC(=O)[C@@H](NC(=O)OCc2ccccc2)CCCNC(=O)[C@@H]2C[C@@H](CN2C(=O)c2ccc(F)cc2)N1. The maximum absolute atomic E-state index is 13.5. The number of hydrogen-bond acceptors (Lipinski definition) is 8. The van der Waals surface area contributed by atoms with Gasteiger partial charge in [0.2, 0.25) is 17.7 Å². The molecular formula is C31H38FN5O8. The molecule has 2 saturated heterocycles. The van der Waals surface area contributed by atoms with Crippen LogP contribution in [0, 0.1) is 5.82 Å². The first kappa shape index (κ1) is 33.3. The van der Waals surface area contributed by atoms with Crippen molar-refractivity contribution in [3.05, 3.63) is 71.5 Å². The lowest BCUT2D eigenvalue weighted by molar-refractivity contribution is -0.127. The van der Waals surface area contributed by atoms with Crippen LogP contribution in [0.3, 0.4) is 0 Å². The lowest BCUT2D eigenvalue weighted by Crippen LogP contribution is -2.48. The maximum atomic E-state index is 13.5. The Hall–Kier alpha value is -4.56. The summed E-state index contributed by atoms with van der Waals surface area (Å²) < 4.78 is 29.6. The Morgan fingerprint density at radius 3 is 2.44 bits per heavy atom. The molecule has 2 aliphatic rings. The molecule has 2 bridgehead atoms. The molecule has 2 heterocycles. The molecule has 242 valence electrons. The Labute approximate surface area is 260 Å². The second-order valence-corrected chi connectivity index (χ2v) is 10.6. The van der Waals surface area contributed by atoms with Crippen LogP contribution in [0.5, 0.6) is 0 Å². The minimum atomic E-state index is -0.943. The monoisotopic (exact) mass is 627 g/mol. The van der Waals surface area contributed by atoms with Crippen molar-refractivity contribution in [1.82, 2.24) is 26.2 Å². The second kappa shape index (κ2) is 17.1. The van der Waals surface area contributed by atoms with Crippen LogP contribution in [0.2, 0.25) is 0 Å². The van der Waals surface area contributed by atoms with E-state index < -0.39 is 53.7 Å². The van der Waals surface area contributed by atoms with Crippen LogP contribution in [0.4, 0.5) is 9.18 Å². The number of hydrogen-bond donors (Lipinski definition) is 4. The summed E-state index contributed by atoms with van der Waals surface area (Å²) in [5.74, 6) is -2.27. The zero-order valence-electron chi connectivity index (χ0n) is 24.8. The third-order valence-corrected chi connectivity index (χ3v) is 7.26. The van der Waals surface area contributed by atoms with Crippen molar-refractivity contribution in [2.24, 2.45) is 0 Å². The lowest BCUT2D eigenvalue weighted by Gasteiger charge is -2.24. The molecule has 4 N–H and O–H groups in total. The van der Waals surface area contributed by atoms with Gasteiger partial charge >= 0.3 is 6.09 Å². The van der Waals surface area contributed by atoms with Crippen molar-refractivity contribution in [2.45, 2.75) is 44.0 Å². The van der Waals surface area contributed by atoms with Gasteiger partial charge in [-0.2, -0.15) is 0 Å². The third kappa shape index (κ3) is 10.5. The molecule has 0 saturated carbocycles. The number of nitrogens with one attached hydrogen (secondary N) is 4. The fraction of sp³-hybridized carbons (Fsp3) is 0.452. The van der Waals surface area contributed by atoms with Gasteiger partial charge in [-0.05, 0) is 49.1 Å². The summed E-state index contributed by atoms with van der Waals surface area (Å²) >= 11 is 0. The highest BCUT2D eigenvalue weighted by atomic mass is 19.1. The molecule has 2 aromatic carbocycles. The molecule has 14 heteroatoms. The number of likely N-dealkylation sites (tertiary alicyclic amines) is 1. The normalized spacial score (nSPS) is 22.4. The molecule has 0 spiro atoms. The fourth-order valence-corrected chi connectivity index (χ4v) is 5.01. The quantitative estimate of drug-likeness (QED) is 0.388. The van der Waals surface area contributed by atoms with Crippen molar-refractivity contribution in [3.63, 3.8) is 0 Å². The van der Waals surface area contributed by atoms with E-state index in [0.717, 1.165) is 17.7 Å². The number of alkyl carbamates (subject to hydrolysis) is 1. The Bertz CT molecular complexity index is 1310. The summed E-state index contributed by atoms with van der Waals surface area (Å²) in [4.78, 5) is 65.8. The van der Waals surface area contributed by atoms with Gasteiger partial charge in [-0.3, -0.25) is 19.2 Å². The highest BCUT2D eigenvalue weighted by Crippen LogP contribution is 2.22. The first-order valence-corrected chi connectivity index (χ1v) is 14.8. The minimum Gasteiger partial charge on any atom is -0.445 e. The number of carbonyl (C=O) groups is 5. The zero-order chi connectivity index (χ0) is 32.0. The average molecular weight is 628 g/mol. The van der Waals surface area contributed by atoms with E-state index >= 15 is 0 Å². The number of rotatable bonds is 4. The number of ether oxygens (including phenoxy) is 3. The van der Waals surface area contributed by atoms with Crippen molar-refractivity contribution >= 4 is 29.7 Å². The molecule has 13 nitrogen and oxygen atoms in total. The van der Waals surface area contributed by atoms with Crippen LogP contribution in [0.1, 0.15) is 35.2 Å². The topological polar surface area (TPSA) is 164 Å². The summed E-state index contributed by atoms with van der Waals surface area (Å²) in [6.07, 6.45) is -0.106. The molecule has 0 aromatic heterocycles. The summed E-state index contributed by atoms with van der Waals surface area (Å²) in [6, 6.07) is 11.7. The largest absolute Gasteiger partial charge is 0.445 e. The molecule has 2 aliphatic heterocycles. The number of amides is 5. The van der Waals surface area contributed by atoms with Crippen LogP contribution in [0.15, 0.2) is 54.6 Å². The molecule has 2 aromatic rings. The lowest BCUT2D eigenvalue weighted by atomic mass is 10.1. The summed E-state index contributed by atoms with van der Waals surface area (Å²) in [5, 5.41) is 10.9. The van der Waals surface area contributed by atoms with Crippen LogP contribution < -0.4 is 21.3 Å². The number of benzene rings is 2. The van der Waals surface area contributed by atoms with Crippen molar-refractivity contribution < 1.29 is 42.6 Å². The zero-order valence-corrected chi connectivity index (χ0v) is 24.8. The summed E-state index contributed by atoms with van der Waals surface area (Å²) in [6.45, 7) is 0.674. The van der Waals surface area contributed by atoms with Gasteiger partial charge in [-0.15, -0.1) is 0 Å². The van der Waals surface area contributed by atoms with E-state index in [0.29, 0.717) is 6.42 Å². The minimum absolute atomic E-state index is 0.0307. The molecule has 0 aliphatic carbocycles. The molecule has 0 unspecified atom stereocenters. The van der Waals surface area contributed by atoms with Crippen LogP contribution >= 0.6 is 0 Å². The highest BCUT2D eigenvalue weighted by molar-refractivity contribution is 5.98. The van der Waals surface area contributed by atoms with Crippen LogP contribution in [-0.2, 0) is 35.2 Å². The van der Waals surface area contributed by atoms with Gasteiger partial charge in [-0.1, -0.05) is 30.3 Å². The predicted molar refractivity (Wildman–Crippen MR) is 158 cm³/mol. The molecule has 45 heavy (non-hydrogen) atoms. The van der Waals surface area contributed by atoms with E-state index in [1.165, 1.54) is 17.0 Å². The highest BCUT2D eigenvalue weighted by Gasteiger charge is 2.40. The first-order valence-electron chi connectivity index (χ1n) is 14.8. The van der Waals surface area contributed by atoms with Gasteiger partial charge in [-0.25, -0.2) is 9.18 Å². The van der Waals surface area contributed by atoms with Gasteiger partial charge < -0.3 is 40.4 Å². The summed E-state index contributed by atoms with van der Waals surface area (Å²) in [5.41, 5.74) is 0.993. The van der Waals surface area contributed by atoms with Gasteiger partial charge in [0.15, 0.2) is 0 Å². The Kier molecular flexibility index (Phi) is 12.6. The van der Waals surface area contributed by atoms with E-state index in [2.05, 4.69) is 21.3 Å². The summed E-state index contributed by atoms with van der Waals surface area (Å²) in [7, 11) is 0. The average Bonchev–Trinajstić information content (AvgIpc) is 3.46. The van der Waals surface area contributed by atoms with Crippen molar-refractivity contribution in [1.29, 1.82) is 0 Å². The van der Waals surface area contributed by atoms with Gasteiger partial charge in [0.25, 0.3) is 5.91 Å². The van der Waals surface area contributed by atoms with E-state index in [9.17, 15) is 28.4 Å². The van der Waals surface area contributed by atoms with Crippen LogP contribution in [0.25, 0.3) is 0 Å². The molecular weight excluding hydrogens is 589 g/mol. The predicted octanol–water partition coefficient (Wildman–Crippen LogP) is 0.879. The third-order valence-electron chi connectivity index (χ3n) is 7.26.